The molecule has 2 aromatic heterocycles. The zero-order valence-electron chi connectivity index (χ0n) is 16.6. The fourth-order valence-corrected chi connectivity index (χ4v) is 5.06. The Hall–Kier alpha value is -1.85. The highest BCUT2D eigenvalue weighted by Gasteiger charge is 2.22. The maximum absolute atomic E-state index is 12.7. The lowest BCUT2D eigenvalue weighted by atomic mass is 9.93. The van der Waals surface area contributed by atoms with Gasteiger partial charge in [0.2, 0.25) is 5.91 Å². The van der Waals surface area contributed by atoms with Crippen LogP contribution in [0.15, 0.2) is 29.8 Å². The molecule has 6 heteroatoms. The minimum absolute atomic E-state index is 0.0229. The van der Waals surface area contributed by atoms with Gasteiger partial charge < -0.3 is 9.88 Å². The Morgan fingerprint density at radius 3 is 2.75 bits per heavy atom. The first kappa shape index (κ1) is 19.5. The van der Waals surface area contributed by atoms with E-state index in [1.807, 2.05) is 17.5 Å². The fraction of sp³-hybridized carbons (Fsp3) is 0.455. The molecule has 1 aromatic carbocycles. The highest BCUT2D eigenvalue weighted by molar-refractivity contribution is 7.13. The highest BCUT2D eigenvalue weighted by atomic mass is 35.5. The first-order chi connectivity index (χ1) is 13.3. The van der Waals surface area contributed by atoms with E-state index < -0.39 is 0 Å². The summed E-state index contributed by atoms with van der Waals surface area (Å²) in [6.07, 6.45) is 7.42. The quantitative estimate of drug-likeness (QED) is 0.540. The average Bonchev–Trinajstić information content (AvgIpc) is 3.34. The lowest BCUT2D eigenvalue weighted by molar-refractivity contribution is -0.115. The molecule has 1 saturated carbocycles. The van der Waals surface area contributed by atoms with Crippen LogP contribution in [0.4, 0.5) is 5.13 Å². The molecule has 0 saturated heterocycles. The van der Waals surface area contributed by atoms with Crippen molar-refractivity contribution in [3.8, 4) is 0 Å². The minimum atomic E-state index is -0.0414. The molecule has 1 aliphatic carbocycles. The molecule has 2 heterocycles. The van der Waals surface area contributed by atoms with Gasteiger partial charge in [-0.15, -0.1) is 11.3 Å². The van der Waals surface area contributed by atoms with E-state index in [0.717, 1.165) is 16.6 Å². The van der Waals surface area contributed by atoms with Gasteiger partial charge in [0, 0.05) is 39.0 Å². The molecule has 1 aliphatic rings. The third kappa shape index (κ3) is 3.96. The van der Waals surface area contributed by atoms with Crippen molar-refractivity contribution >= 4 is 44.9 Å². The molecule has 0 bridgehead atoms. The molecule has 3 aromatic rings. The number of nitrogens with one attached hydrogen (secondary N) is 1. The maximum Gasteiger partial charge on any atom is 0.230 e. The van der Waals surface area contributed by atoms with Crippen molar-refractivity contribution in [1.82, 2.24) is 9.55 Å². The molecular weight excluding hydrogens is 390 g/mol. The Bertz CT molecular complexity index is 1010. The summed E-state index contributed by atoms with van der Waals surface area (Å²) in [5.41, 5.74) is 3.17. The summed E-state index contributed by atoms with van der Waals surface area (Å²) in [5, 5.41) is 7.42. The maximum atomic E-state index is 12.7. The molecule has 0 aliphatic heterocycles. The van der Waals surface area contributed by atoms with E-state index in [9.17, 15) is 4.79 Å². The summed E-state index contributed by atoms with van der Waals surface area (Å²) < 4.78 is 2.35. The summed E-state index contributed by atoms with van der Waals surface area (Å²) in [4.78, 5) is 17.3. The van der Waals surface area contributed by atoms with Crippen molar-refractivity contribution in [2.45, 2.75) is 64.3 Å². The lowest BCUT2D eigenvalue weighted by Gasteiger charge is -2.14. The zero-order valence-corrected chi connectivity index (χ0v) is 18.2. The van der Waals surface area contributed by atoms with Crippen molar-refractivity contribution in [2.75, 3.05) is 5.32 Å². The van der Waals surface area contributed by atoms with E-state index in [1.54, 1.807) is 0 Å². The van der Waals surface area contributed by atoms with Crippen LogP contribution >= 0.6 is 22.9 Å². The van der Waals surface area contributed by atoms with E-state index in [-0.39, 0.29) is 11.3 Å². The number of anilines is 1. The second-order valence-electron chi connectivity index (χ2n) is 8.67. The number of nitrogens with zero attached hydrogens (tertiary/aromatic N) is 2. The topological polar surface area (TPSA) is 46.9 Å². The predicted molar refractivity (Wildman–Crippen MR) is 118 cm³/mol. The van der Waals surface area contributed by atoms with Crippen LogP contribution < -0.4 is 5.32 Å². The number of thiazole rings is 1. The van der Waals surface area contributed by atoms with Gasteiger partial charge >= 0.3 is 0 Å². The Morgan fingerprint density at radius 1 is 1.32 bits per heavy atom. The molecule has 4 nitrogen and oxygen atoms in total. The van der Waals surface area contributed by atoms with Gasteiger partial charge in [-0.25, -0.2) is 4.98 Å². The third-order valence-corrected chi connectivity index (χ3v) is 6.46. The fourth-order valence-electron chi connectivity index (χ4n) is 3.94. The van der Waals surface area contributed by atoms with Crippen LogP contribution in [0.2, 0.25) is 5.02 Å². The standard InChI is InChI=1S/C22H26ClN3OS/c1-22(2,3)19-13-28-21(24-19)25-20(27)10-14-12-26(16-6-4-5-7-16)18-9-8-15(23)11-17(14)18/h8-9,11-13,16H,4-7,10H2,1-3H3,(H,24,25,27). The monoisotopic (exact) mass is 415 g/mol. The second kappa shape index (κ2) is 7.53. The Kier molecular flexibility index (Phi) is 5.23. The number of carbonyl (C=O) groups excluding carboxylic acids is 1. The van der Waals surface area contributed by atoms with Crippen LogP contribution in [0.5, 0.6) is 0 Å². The van der Waals surface area contributed by atoms with Gasteiger partial charge in [0.15, 0.2) is 5.13 Å². The summed E-state index contributed by atoms with van der Waals surface area (Å²) in [7, 11) is 0. The first-order valence-electron chi connectivity index (χ1n) is 9.86. The van der Waals surface area contributed by atoms with E-state index in [0.29, 0.717) is 22.6 Å². The first-order valence-corrected chi connectivity index (χ1v) is 11.1. The summed E-state index contributed by atoms with van der Waals surface area (Å²) in [6.45, 7) is 6.36. The second-order valence-corrected chi connectivity index (χ2v) is 9.97. The molecule has 0 spiro atoms. The van der Waals surface area contributed by atoms with Crippen LogP contribution in [-0.4, -0.2) is 15.5 Å². The SMILES string of the molecule is CC(C)(C)c1csc(NC(=O)Cc2cn(C3CCCC3)c3ccc(Cl)cc23)n1. The summed E-state index contributed by atoms with van der Waals surface area (Å²) in [6, 6.07) is 6.51. The largest absolute Gasteiger partial charge is 0.344 e. The van der Waals surface area contributed by atoms with Gasteiger partial charge in [0.05, 0.1) is 12.1 Å². The Morgan fingerprint density at radius 2 is 2.07 bits per heavy atom. The number of halogens is 1. The number of benzene rings is 1. The lowest BCUT2D eigenvalue weighted by Crippen LogP contribution is -2.15. The van der Waals surface area contributed by atoms with Gasteiger partial charge in [-0.05, 0) is 36.6 Å². The number of hydrogen-bond acceptors (Lipinski definition) is 3. The van der Waals surface area contributed by atoms with Crippen LogP contribution in [-0.2, 0) is 16.6 Å². The number of amides is 1. The molecule has 1 fully saturated rings. The molecule has 1 N–H and O–H groups in total. The number of rotatable bonds is 4. The summed E-state index contributed by atoms with van der Waals surface area (Å²) >= 11 is 7.73. The molecule has 28 heavy (non-hydrogen) atoms. The van der Waals surface area contributed by atoms with E-state index in [4.69, 9.17) is 11.6 Å². The number of aromatic nitrogens is 2. The normalized spacial score (nSPS) is 15.4. The molecule has 0 unspecified atom stereocenters. The molecule has 148 valence electrons. The van der Waals surface area contributed by atoms with E-state index in [1.165, 1.54) is 42.5 Å². The Balaban J connectivity index is 1.57. The van der Waals surface area contributed by atoms with Gasteiger partial charge in [-0.2, -0.15) is 0 Å². The van der Waals surface area contributed by atoms with Gasteiger partial charge in [-0.3, -0.25) is 4.79 Å². The van der Waals surface area contributed by atoms with Crippen molar-refractivity contribution in [3.05, 3.63) is 46.1 Å². The third-order valence-electron chi connectivity index (χ3n) is 5.47. The van der Waals surface area contributed by atoms with Crippen molar-refractivity contribution in [3.63, 3.8) is 0 Å². The molecule has 0 atom stereocenters. The van der Waals surface area contributed by atoms with Crippen molar-refractivity contribution < 1.29 is 4.79 Å². The predicted octanol–water partition coefficient (Wildman–Crippen LogP) is 6.35. The molecule has 0 radical (unpaired) electrons. The molecular formula is C22H26ClN3OS. The number of hydrogen-bond donors (Lipinski definition) is 1. The van der Waals surface area contributed by atoms with Crippen LogP contribution in [0, 0.1) is 0 Å². The van der Waals surface area contributed by atoms with Crippen molar-refractivity contribution in [2.24, 2.45) is 0 Å². The molecule has 1 amide bonds. The van der Waals surface area contributed by atoms with Gasteiger partial charge in [0.1, 0.15) is 0 Å². The van der Waals surface area contributed by atoms with Crippen LogP contribution in [0.1, 0.15) is 63.8 Å². The highest BCUT2D eigenvalue weighted by Crippen LogP contribution is 2.35. The average molecular weight is 416 g/mol. The van der Waals surface area contributed by atoms with E-state index >= 15 is 0 Å². The Labute approximate surface area is 174 Å². The van der Waals surface area contributed by atoms with Crippen LogP contribution in [0.3, 0.4) is 0 Å². The molecule has 4 rings (SSSR count). The zero-order chi connectivity index (χ0) is 19.9. The number of fused-ring (bicyclic) bond motifs is 1. The van der Waals surface area contributed by atoms with Crippen LogP contribution in [0.25, 0.3) is 10.9 Å². The van der Waals surface area contributed by atoms with Crippen molar-refractivity contribution in [1.29, 1.82) is 0 Å². The van der Waals surface area contributed by atoms with Gasteiger partial charge in [-0.1, -0.05) is 45.2 Å². The minimum Gasteiger partial charge on any atom is -0.344 e. The van der Waals surface area contributed by atoms with E-state index in [2.05, 4.69) is 47.9 Å². The number of carbonyl (C=O) groups is 1. The summed E-state index contributed by atoms with van der Waals surface area (Å²) in [5.74, 6) is -0.0414. The van der Waals surface area contributed by atoms with Gasteiger partial charge in [0.25, 0.3) is 0 Å². The smallest absolute Gasteiger partial charge is 0.230 e.